The molecule has 4 nitrogen and oxygen atoms in total. The Kier molecular flexibility index (Phi) is 9.82. The first-order chi connectivity index (χ1) is 18.2. The van der Waals surface area contributed by atoms with Gasteiger partial charge in [0.1, 0.15) is 11.9 Å². The molecule has 2 aromatic rings. The van der Waals surface area contributed by atoms with E-state index in [-0.39, 0.29) is 17.7 Å². The number of carbonyl (C=O) groups excluding carboxylic acids is 1. The van der Waals surface area contributed by atoms with Crippen LogP contribution in [0.4, 0.5) is 30.7 Å². The van der Waals surface area contributed by atoms with Gasteiger partial charge in [-0.3, -0.25) is 4.79 Å². The molecule has 0 saturated heterocycles. The van der Waals surface area contributed by atoms with Crippen LogP contribution in [-0.4, -0.2) is 40.6 Å². The summed E-state index contributed by atoms with van der Waals surface area (Å²) in [4.78, 5) is 13.6. The van der Waals surface area contributed by atoms with Crippen LogP contribution in [0.5, 0.6) is 0 Å². The Labute approximate surface area is 221 Å². The first-order valence-corrected chi connectivity index (χ1v) is 12.5. The van der Waals surface area contributed by atoms with Crippen LogP contribution in [0.15, 0.2) is 54.2 Å². The second kappa shape index (κ2) is 12.5. The van der Waals surface area contributed by atoms with E-state index in [1.165, 1.54) is 18.4 Å². The Morgan fingerprint density at radius 2 is 1.54 bits per heavy atom. The molecule has 2 aliphatic rings. The number of aliphatic hydroxyl groups is 2. The van der Waals surface area contributed by atoms with Crippen LogP contribution >= 0.6 is 0 Å². The van der Waals surface area contributed by atoms with Crippen LogP contribution in [0.25, 0.3) is 0 Å². The summed E-state index contributed by atoms with van der Waals surface area (Å²) >= 11 is 0. The predicted molar refractivity (Wildman–Crippen MR) is 130 cm³/mol. The Morgan fingerprint density at radius 3 is 2.03 bits per heavy atom. The summed E-state index contributed by atoms with van der Waals surface area (Å²) in [5.41, 5.74) is -1.12. The Morgan fingerprint density at radius 1 is 0.949 bits per heavy atom. The summed E-state index contributed by atoms with van der Waals surface area (Å²) in [6.45, 7) is 0.0243. The third kappa shape index (κ3) is 8.53. The Bertz CT molecular complexity index is 1130. The third-order valence-corrected chi connectivity index (χ3v) is 7.02. The number of nitrogens with zero attached hydrogens (tertiary/aromatic N) is 1. The van der Waals surface area contributed by atoms with E-state index in [4.69, 9.17) is 5.11 Å². The van der Waals surface area contributed by atoms with Gasteiger partial charge in [0.15, 0.2) is 5.78 Å². The molecule has 3 unspecified atom stereocenters. The normalized spacial score (nSPS) is 21.7. The molecule has 1 fully saturated rings. The van der Waals surface area contributed by atoms with Crippen LogP contribution in [0.1, 0.15) is 60.3 Å². The molecule has 2 aliphatic carbocycles. The van der Waals surface area contributed by atoms with Crippen LogP contribution in [0.2, 0.25) is 0 Å². The molecule has 39 heavy (non-hydrogen) atoms. The van der Waals surface area contributed by atoms with Gasteiger partial charge in [0, 0.05) is 31.8 Å². The zero-order valence-electron chi connectivity index (χ0n) is 21.2. The highest BCUT2D eigenvalue weighted by Crippen LogP contribution is 2.38. The van der Waals surface area contributed by atoms with Crippen LogP contribution in [0.3, 0.4) is 0 Å². The first-order valence-electron chi connectivity index (χ1n) is 12.5. The van der Waals surface area contributed by atoms with Crippen molar-refractivity contribution in [3.63, 3.8) is 0 Å². The van der Waals surface area contributed by atoms with Crippen molar-refractivity contribution >= 4 is 5.78 Å². The molecule has 2 aromatic carbocycles. The number of alkyl halides is 6. The second-order valence-corrected chi connectivity index (χ2v) is 9.99. The summed E-state index contributed by atoms with van der Waals surface area (Å²) in [6.07, 6.45) is -3.96. The van der Waals surface area contributed by atoms with Crippen molar-refractivity contribution in [1.29, 1.82) is 0 Å². The van der Waals surface area contributed by atoms with Gasteiger partial charge in [-0.1, -0.05) is 18.6 Å². The zero-order valence-corrected chi connectivity index (χ0v) is 21.2. The fourth-order valence-corrected chi connectivity index (χ4v) is 4.99. The minimum Gasteiger partial charge on any atom is -0.392 e. The van der Waals surface area contributed by atoms with E-state index in [0.29, 0.717) is 30.4 Å². The number of rotatable bonds is 5. The van der Waals surface area contributed by atoms with Gasteiger partial charge < -0.3 is 15.1 Å². The molecule has 0 heterocycles. The van der Waals surface area contributed by atoms with E-state index in [1.54, 1.807) is 18.2 Å². The largest absolute Gasteiger partial charge is 0.416 e. The lowest BCUT2D eigenvalue weighted by Gasteiger charge is -2.33. The molecule has 0 aromatic heterocycles. The van der Waals surface area contributed by atoms with Gasteiger partial charge >= 0.3 is 12.4 Å². The predicted octanol–water partition coefficient (Wildman–Crippen LogP) is 6.47. The summed E-state index contributed by atoms with van der Waals surface area (Å²) in [7, 11) is 2.00. The SMILES string of the molecule is CN(CC1CCCC(c2ccc(F)cc2)C1)C1=CC(=O)C(O)C1.OCc1cc(C(F)(F)F)cc(C(F)(F)F)c1. The van der Waals surface area contributed by atoms with Crippen LogP contribution in [0, 0.1) is 11.7 Å². The van der Waals surface area contributed by atoms with E-state index in [9.17, 15) is 40.6 Å². The molecule has 2 N–H and O–H groups in total. The standard InChI is InChI=1S/C19H24FNO2.C9H6F6O/c1-21(17-10-18(22)19(23)11-17)12-13-3-2-4-15(9-13)14-5-7-16(20)8-6-14;10-8(11,12)6-1-5(4-16)2-7(3-6)9(13,14)15/h5-8,10,13,15,19,23H,2-4,9,11-12H2,1H3;1-3,16H,4H2. The molecule has 0 radical (unpaired) electrons. The number of hydrogen-bond acceptors (Lipinski definition) is 4. The lowest BCUT2D eigenvalue weighted by molar-refractivity contribution is -0.143. The van der Waals surface area contributed by atoms with E-state index in [2.05, 4.69) is 4.90 Å². The number of aliphatic hydroxyl groups excluding tert-OH is 2. The number of carbonyl (C=O) groups is 1. The number of halogens is 7. The summed E-state index contributed by atoms with van der Waals surface area (Å²) < 4.78 is 86.4. The van der Waals surface area contributed by atoms with Crippen molar-refractivity contribution in [3.05, 3.63) is 82.3 Å². The highest BCUT2D eigenvalue weighted by Gasteiger charge is 2.36. The smallest absolute Gasteiger partial charge is 0.392 e. The quantitative estimate of drug-likeness (QED) is 0.411. The topological polar surface area (TPSA) is 60.8 Å². The average molecular weight is 562 g/mol. The van der Waals surface area contributed by atoms with Gasteiger partial charge in [-0.15, -0.1) is 0 Å². The average Bonchev–Trinajstić information content (AvgIpc) is 3.22. The highest BCUT2D eigenvalue weighted by atomic mass is 19.4. The number of ketones is 1. The molecule has 0 spiro atoms. The monoisotopic (exact) mass is 561 g/mol. The van der Waals surface area contributed by atoms with E-state index >= 15 is 0 Å². The van der Waals surface area contributed by atoms with E-state index in [1.807, 2.05) is 19.2 Å². The minimum atomic E-state index is -4.87. The lowest BCUT2D eigenvalue weighted by atomic mass is 9.78. The molecule has 4 rings (SSSR count). The molecule has 1 saturated carbocycles. The van der Waals surface area contributed by atoms with Crippen LogP contribution < -0.4 is 0 Å². The van der Waals surface area contributed by atoms with Crippen molar-refractivity contribution in [2.45, 2.75) is 63.1 Å². The highest BCUT2D eigenvalue weighted by molar-refractivity contribution is 5.96. The molecule has 3 atom stereocenters. The van der Waals surface area contributed by atoms with Crippen molar-refractivity contribution in [2.75, 3.05) is 13.6 Å². The maximum Gasteiger partial charge on any atom is 0.416 e. The molecular formula is C28H30F7NO3. The van der Waals surface area contributed by atoms with Gasteiger partial charge in [-0.2, -0.15) is 26.3 Å². The first kappa shape index (κ1) is 30.6. The van der Waals surface area contributed by atoms with Crippen molar-refractivity contribution in [2.24, 2.45) is 5.92 Å². The third-order valence-electron chi connectivity index (χ3n) is 7.02. The lowest BCUT2D eigenvalue weighted by Crippen LogP contribution is -2.28. The van der Waals surface area contributed by atoms with Gasteiger partial charge in [-0.25, -0.2) is 4.39 Å². The van der Waals surface area contributed by atoms with Crippen molar-refractivity contribution < 1.29 is 45.7 Å². The summed E-state index contributed by atoms with van der Waals surface area (Å²) in [5.74, 6) is 0.696. The second-order valence-electron chi connectivity index (χ2n) is 9.99. The molecule has 214 valence electrons. The van der Waals surface area contributed by atoms with Gasteiger partial charge in [0.2, 0.25) is 0 Å². The van der Waals surface area contributed by atoms with E-state index in [0.717, 1.165) is 25.1 Å². The van der Waals surface area contributed by atoms with Gasteiger partial charge in [0.05, 0.1) is 17.7 Å². The molecule has 0 bridgehead atoms. The number of hydrogen-bond donors (Lipinski definition) is 2. The van der Waals surface area contributed by atoms with E-state index < -0.39 is 41.8 Å². The summed E-state index contributed by atoms with van der Waals surface area (Å²) in [6, 6.07) is 7.87. The van der Waals surface area contributed by atoms with Crippen molar-refractivity contribution in [3.8, 4) is 0 Å². The zero-order chi connectivity index (χ0) is 29.0. The van der Waals surface area contributed by atoms with Crippen LogP contribution in [-0.2, 0) is 23.8 Å². The number of benzene rings is 2. The van der Waals surface area contributed by atoms with Gasteiger partial charge in [0.25, 0.3) is 0 Å². The van der Waals surface area contributed by atoms with Crippen molar-refractivity contribution in [1.82, 2.24) is 4.90 Å². The maximum atomic E-state index is 13.1. The molecule has 0 amide bonds. The Balaban J connectivity index is 0.000000231. The fourth-order valence-electron chi connectivity index (χ4n) is 4.99. The maximum absolute atomic E-state index is 13.1. The minimum absolute atomic E-state index is 0.0131. The summed E-state index contributed by atoms with van der Waals surface area (Å²) in [5, 5.41) is 18.2. The fraction of sp³-hybridized carbons (Fsp3) is 0.464. The molecule has 11 heteroatoms. The Hall–Kier alpha value is -2.92. The van der Waals surface area contributed by atoms with Gasteiger partial charge in [-0.05, 0) is 72.6 Å². The molecule has 0 aliphatic heterocycles. The molecular weight excluding hydrogens is 531 g/mol.